The van der Waals surface area contributed by atoms with E-state index in [2.05, 4.69) is 5.32 Å². The van der Waals surface area contributed by atoms with Crippen LogP contribution in [0, 0.1) is 0 Å². The monoisotopic (exact) mass is 144 g/mol. The summed E-state index contributed by atoms with van der Waals surface area (Å²) in [6.45, 7) is 0. The summed E-state index contributed by atoms with van der Waals surface area (Å²) in [5, 5.41) is 2.92. The van der Waals surface area contributed by atoms with Crippen molar-refractivity contribution in [2.75, 3.05) is 0 Å². The van der Waals surface area contributed by atoms with Crippen LogP contribution in [0.1, 0.15) is 0 Å². The minimum absolute atomic E-state index is 0. The van der Waals surface area contributed by atoms with Crippen LogP contribution in [0.2, 0.25) is 0 Å². The van der Waals surface area contributed by atoms with Crippen LogP contribution in [0.4, 0.5) is 0 Å². The normalized spacial score (nSPS) is 12.4. The molecule has 1 rings (SSSR count). The molecule has 1 heterocycles. The maximum absolute atomic E-state index is 2.92. The summed E-state index contributed by atoms with van der Waals surface area (Å²) in [5.41, 5.74) is 0. The number of hydrogen-bond acceptors (Lipinski definition) is 2. The first-order valence-electron chi connectivity index (χ1n) is 2.24. The molecule has 1 aliphatic heterocycles. The lowest BCUT2D eigenvalue weighted by atomic mass is 10.5. The molecule has 0 spiro atoms. The average molecular weight is 144 g/mol. The van der Waals surface area contributed by atoms with Crippen LogP contribution in [0.15, 0.2) is 36.7 Å². The van der Waals surface area contributed by atoms with E-state index in [1.165, 1.54) is 0 Å². The second-order valence-electron chi connectivity index (χ2n) is 1.27. The molecule has 0 aliphatic carbocycles. The van der Waals surface area contributed by atoms with Gasteiger partial charge in [0.15, 0.2) is 0 Å². The van der Waals surface area contributed by atoms with Crippen molar-refractivity contribution in [2.24, 2.45) is 0 Å². The zero-order valence-electron chi connectivity index (χ0n) is 5.38. The van der Waals surface area contributed by atoms with E-state index in [0.29, 0.717) is 0 Å². The summed E-state index contributed by atoms with van der Waals surface area (Å²) < 4.78 is 0. The molecule has 2 nitrogen and oxygen atoms in total. The van der Waals surface area contributed by atoms with E-state index in [4.69, 9.17) is 0 Å². The Kier molecular flexibility index (Phi) is 9.25. The third-order valence-corrected chi connectivity index (χ3v) is 0.718. The molecule has 52 valence electrons. The van der Waals surface area contributed by atoms with Crippen molar-refractivity contribution in [1.82, 2.24) is 11.5 Å². The molecular formula is C6H13N2P. The van der Waals surface area contributed by atoms with Crippen molar-refractivity contribution in [3.63, 3.8) is 0 Å². The fourth-order valence-electron chi connectivity index (χ4n) is 0.406. The van der Waals surface area contributed by atoms with Gasteiger partial charge >= 0.3 is 0 Å². The van der Waals surface area contributed by atoms with Crippen molar-refractivity contribution < 1.29 is 0 Å². The zero-order chi connectivity index (χ0) is 4.95. The minimum atomic E-state index is 0. The zero-order valence-corrected chi connectivity index (χ0v) is 6.79. The van der Waals surface area contributed by atoms with Gasteiger partial charge in [-0.1, -0.05) is 12.2 Å². The summed E-state index contributed by atoms with van der Waals surface area (Å²) in [7, 11) is 0. The molecule has 0 amide bonds. The summed E-state index contributed by atoms with van der Waals surface area (Å²) in [4.78, 5) is 0. The second kappa shape index (κ2) is 7.41. The van der Waals surface area contributed by atoms with Gasteiger partial charge in [0.25, 0.3) is 0 Å². The lowest BCUT2D eigenvalue weighted by Crippen LogP contribution is -1.87. The van der Waals surface area contributed by atoms with Crippen LogP contribution in [0.3, 0.4) is 0 Å². The molecule has 0 aromatic rings. The highest BCUT2D eigenvalue weighted by molar-refractivity contribution is 6.92. The highest BCUT2D eigenvalue weighted by atomic mass is 31.0. The van der Waals surface area contributed by atoms with Gasteiger partial charge in [-0.05, 0) is 12.2 Å². The Morgan fingerprint density at radius 3 is 1.67 bits per heavy atom. The smallest absolute Gasteiger partial charge is 0.000442 e. The van der Waals surface area contributed by atoms with E-state index >= 15 is 0 Å². The Morgan fingerprint density at radius 1 is 0.778 bits per heavy atom. The maximum atomic E-state index is 2.92. The van der Waals surface area contributed by atoms with E-state index in [0.717, 1.165) is 0 Å². The molecule has 9 heavy (non-hydrogen) atoms. The fraction of sp³-hybridized carbons (Fsp3) is 0. The van der Waals surface area contributed by atoms with E-state index in [1.54, 1.807) is 0 Å². The van der Waals surface area contributed by atoms with E-state index < -0.39 is 0 Å². The van der Waals surface area contributed by atoms with Gasteiger partial charge in [0.05, 0.1) is 0 Å². The molecule has 0 aromatic heterocycles. The largest absolute Gasteiger partial charge is 0.368 e. The third kappa shape index (κ3) is 5.28. The SMILES string of the molecule is C1=CC=CNC=C1.N.P. The molecule has 0 saturated carbocycles. The Morgan fingerprint density at radius 2 is 1.22 bits per heavy atom. The van der Waals surface area contributed by atoms with Gasteiger partial charge in [-0.3, -0.25) is 0 Å². The van der Waals surface area contributed by atoms with E-state index in [-0.39, 0.29) is 16.0 Å². The fourth-order valence-corrected chi connectivity index (χ4v) is 0.406. The summed E-state index contributed by atoms with van der Waals surface area (Å²) >= 11 is 0. The number of allylic oxidation sites excluding steroid dienone is 4. The first-order valence-corrected chi connectivity index (χ1v) is 2.24. The van der Waals surface area contributed by atoms with Crippen molar-refractivity contribution in [2.45, 2.75) is 0 Å². The van der Waals surface area contributed by atoms with E-state index in [1.807, 2.05) is 36.7 Å². The molecule has 0 fully saturated rings. The van der Waals surface area contributed by atoms with Gasteiger partial charge in [-0.15, -0.1) is 0 Å². The molecule has 0 aromatic carbocycles. The molecule has 1 aliphatic rings. The summed E-state index contributed by atoms with van der Waals surface area (Å²) in [6, 6.07) is 0. The van der Waals surface area contributed by atoms with Crippen molar-refractivity contribution in [3.8, 4) is 0 Å². The molecule has 1 unspecified atom stereocenters. The average Bonchev–Trinajstić information content (AvgIpc) is 1.90. The van der Waals surface area contributed by atoms with Crippen LogP contribution in [-0.4, -0.2) is 0 Å². The molecule has 0 bridgehead atoms. The standard InChI is InChI=1S/C6H7N.H3N.H3P/c1-2-4-6-7-5-3-1;;/h1-7H;2*1H3. The van der Waals surface area contributed by atoms with Crippen LogP contribution >= 0.6 is 9.90 Å². The van der Waals surface area contributed by atoms with Gasteiger partial charge in [-0.25, -0.2) is 0 Å². The minimum Gasteiger partial charge on any atom is -0.368 e. The Balaban J connectivity index is 0. The summed E-state index contributed by atoms with van der Waals surface area (Å²) in [6.07, 6.45) is 11.6. The highest BCUT2D eigenvalue weighted by Crippen LogP contribution is 1.81. The van der Waals surface area contributed by atoms with Crippen molar-refractivity contribution in [3.05, 3.63) is 36.7 Å². The second-order valence-corrected chi connectivity index (χ2v) is 1.27. The lowest BCUT2D eigenvalue weighted by Gasteiger charge is -1.79. The predicted octanol–water partition coefficient (Wildman–Crippen LogP) is 1.39. The maximum Gasteiger partial charge on any atom is 0.000442 e. The number of rotatable bonds is 0. The molecule has 3 heteroatoms. The Hall–Kier alpha value is -0.590. The topological polar surface area (TPSA) is 47.0 Å². The lowest BCUT2D eigenvalue weighted by molar-refractivity contribution is 1.20. The first-order chi connectivity index (χ1) is 3.50. The van der Waals surface area contributed by atoms with Crippen molar-refractivity contribution >= 4 is 9.90 Å². The first kappa shape index (κ1) is 11.2. The predicted molar refractivity (Wildman–Crippen MR) is 46.7 cm³/mol. The van der Waals surface area contributed by atoms with Gasteiger partial charge in [0.1, 0.15) is 0 Å². The Labute approximate surface area is 58.9 Å². The van der Waals surface area contributed by atoms with Crippen molar-refractivity contribution in [1.29, 1.82) is 0 Å². The number of nitrogens with one attached hydrogen (secondary N) is 1. The molecular weight excluding hydrogens is 131 g/mol. The third-order valence-electron chi connectivity index (χ3n) is 0.718. The quantitative estimate of drug-likeness (QED) is 0.505. The Bertz CT molecular complexity index is 113. The number of hydrogen-bond donors (Lipinski definition) is 2. The van der Waals surface area contributed by atoms with Crippen LogP contribution in [-0.2, 0) is 0 Å². The van der Waals surface area contributed by atoms with Crippen LogP contribution in [0.5, 0.6) is 0 Å². The molecule has 0 saturated heterocycles. The molecule has 0 radical (unpaired) electrons. The van der Waals surface area contributed by atoms with Crippen LogP contribution in [0.25, 0.3) is 0 Å². The van der Waals surface area contributed by atoms with E-state index in [9.17, 15) is 0 Å². The highest BCUT2D eigenvalue weighted by Gasteiger charge is 1.67. The van der Waals surface area contributed by atoms with Gasteiger partial charge < -0.3 is 11.5 Å². The van der Waals surface area contributed by atoms with Gasteiger partial charge in [0.2, 0.25) is 0 Å². The molecule has 4 N–H and O–H groups in total. The van der Waals surface area contributed by atoms with Gasteiger partial charge in [-0.2, -0.15) is 9.90 Å². The summed E-state index contributed by atoms with van der Waals surface area (Å²) in [5.74, 6) is 0. The van der Waals surface area contributed by atoms with Gasteiger partial charge in [0, 0.05) is 12.4 Å². The molecule has 1 atom stereocenters. The van der Waals surface area contributed by atoms with Crippen LogP contribution < -0.4 is 11.5 Å².